The van der Waals surface area contributed by atoms with E-state index in [1.807, 2.05) is 19.0 Å². The van der Waals surface area contributed by atoms with Gasteiger partial charge < -0.3 is 15.3 Å². The molecular weight excluding hydrogens is 305 g/mol. The summed E-state index contributed by atoms with van der Waals surface area (Å²) >= 11 is 9.16. The Morgan fingerprint density at radius 2 is 2.24 bits per heavy atom. The van der Waals surface area contributed by atoms with E-state index in [2.05, 4.69) is 26.2 Å². The van der Waals surface area contributed by atoms with Crippen molar-refractivity contribution in [2.75, 3.05) is 32.5 Å². The van der Waals surface area contributed by atoms with E-state index in [-0.39, 0.29) is 0 Å². The van der Waals surface area contributed by atoms with E-state index in [1.165, 1.54) is 0 Å². The summed E-state index contributed by atoms with van der Waals surface area (Å²) in [5, 5.41) is 13.8. The number of rotatable bonds is 5. The number of halogens is 2. The molecule has 0 spiro atoms. The van der Waals surface area contributed by atoms with Gasteiger partial charge in [0.15, 0.2) is 0 Å². The van der Waals surface area contributed by atoms with Crippen LogP contribution in [0.2, 0.25) is 5.02 Å². The number of aliphatic hydroxyl groups is 1. The summed E-state index contributed by atoms with van der Waals surface area (Å²) in [5.74, 6) is 0.674. The SMILES string of the molecule is CN(C)C[C@](C)(O)CNc1ncc(Cl)cc1Br. The van der Waals surface area contributed by atoms with E-state index in [1.54, 1.807) is 19.2 Å². The van der Waals surface area contributed by atoms with Crippen LogP contribution in [0.1, 0.15) is 6.92 Å². The highest BCUT2D eigenvalue weighted by molar-refractivity contribution is 9.10. The first-order valence-corrected chi connectivity index (χ1v) is 6.39. The number of hydrogen-bond acceptors (Lipinski definition) is 4. The maximum atomic E-state index is 10.1. The second-order valence-corrected chi connectivity index (χ2v) is 5.86. The van der Waals surface area contributed by atoms with Crippen molar-refractivity contribution in [3.8, 4) is 0 Å². The number of pyridine rings is 1. The highest BCUT2D eigenvalue weighted by Crippen LogP contribution is 2.23. The second-order valence-electron chi connectivity index (χ2n) is 4.57. The van der Waals surface area contributed by atoms with Crippen LogP contribution in [0.5, 0.6) is 0 Å². The maximum Gasteiger partial charge on any atom is 0.140 e. The first-order chi connectivity index (χ1) is 7.80. The zero-order valence-electron chi connectivity index (χ0n) is 10.2. The Morgan fingerprint density at radius 1 is 1.59 bits per heavy atom. The number of nitrogens with one attached hydrogen (secondary N) is 1. The molecule has 1 heterocycles. The van der Waals surface area contributed by atoms with Crippen LogP contribution in [-0.2, 0) is 0 Å². The van der Waals surface area contributed by atoms with Gasteiger partial charge in [-0.1, -0.05) is 11.6 Å². The van der Waals surface area contributed by atoms with E-state index in [0.717, 1.165) is 4.47 Å². The fraction of sp³-hybridized carbons (Fsp3) is 0.545. The molecule has 2 N–H and O–H groups in total. The quantitative estimate of drug-likeness (QED) is 0.873. The maximum absolute atomic E-state index is 10.1. The van der Waals surface area contributed by atoms with E-state index in [0.29, 0.717) is 23.9 Å². The average molecular weight is 323 g/mol. The lowest BCUT2D eigenvalue weighted by Gasteiger charge is -2.27. The Bertz CT molecular complexity index is 385. The first kappa shape index (κ1) is 14.7. The molecule has 0 unspecified atom stereocenters. The minimum absolute atomic E-state index is 0.415. The molecule has 0 amide bonds. The van der Waals surface area contributed by atoms with Crippen molar-refractivity contribution in [2.24, 2.45) is 0 Å². The van der Waals surface area contributed by atoms with Crippen LogP contribution >= 0.6 is 27.5 Å². The molecule has 0 aromatic carbocycles. The van der Waals surface area contributed by atoms with Crippen molar-refractivity contribution in [1.82, 2.24) is 9.88 Å². The zero-order valence-corrected chi connectivity index (χ0v) is 12.5. The Morgan fingerprint density at radius 3 is 2.76 bits per heavy atom. The molecular formula is C11H17BrClN3O. The predicted octanol–water partition coefficient (Wildman–Crippen LogP) is 2.22. The van der Waals surface area contributed by atoms with E-state index < -0.39 is 5.60 Å². The van der Waals surface area contributed by atoms with Gasteiger partial charge >= 0.3 is 0 Å². The fourth-order valence-electron chi connectivity index (χ4n) is 1.56. The Labute approximate surface area is 115 Å². The lowest BCUT2D eigenvalue weighted by atomic mass is 10.1. The minimum atomic E-state index is -0.815. The van der Waals surface area contributed by atoms with Crippen LogP contribution in [0, 0.1) is 0 Å². The highest BCUT2D eigenvalue weighted by Gasteiger charge is 2.21. The van der Waals surface area contributed by atoms with Gasteiger partial charge in [0.05, 0.1) is 15.1 Å². The fourth-order valence-corrected chi connectivity index (χ4v) is 2.33. The number of likely N-dealkylation sites (N-methyl/N-ethyl adjacent to an activating group) is 1. The lowest BCUT2D eigenvalue weighted by Crippen LogP contribution is -2.43. The monoisotopic (exact) mass is 321 g/mol. The predicted molar refractivity (Wildman–Crippen MR) is 74.6 cm³/mol. The van der Waals surface area contributed by atoms with E-state index >= 15 is 0 Å². The van der Waals surface area contributed by atoms with Crippen LogP contribution < -0.4 is 5.32 Å². The summed E-state index contributed by atoms with van der Waals surface area (Å²) in [6.45, 7) is 2.77. The Kier molecular flexibility index (Phi) is 5.19. The molecule has 0 aliphatic carbocycles. The largest absolute Gasteiger partial charge is 0.387 e. The molecule has 1 atom stereocenters. The third-order valence-corrected chi connectivity index (χ3v) is 2.91. The van der Waals surface area contributed by atoms with Crippen molar-refractivity contribution in [3.63, 3.8) is 0 Å². The molecule has 4 nitrogen and oxygen atoms in total. The summed E-state index contributed by atoms with van der Waals surface area (Å²) in [7, 11) is 3.84. The van der Waals surface area contributed by atoms with E-state index in [4.69, 9.17) is 11.6 Å². The molecule has 1 aromatic rings. The van der Waals surface area contributed by atoms with Gasteiger partial charge in [-0.3, -0.25) is 0 Å². The van der Waals surface area contributed by atoms with E-state index in [9.17, 15) is 5.11 Å². The number of aromatic nitrogens is 1. The van der Waals surface area contributed by atoms with Gasteiger partial charge in [-0.25, -0.2) is 4.98 Å². The van der Waals surface area contributed by atoms with Gasteiger partial charge in [0.2, 0.25) is 0 Å². The van der Waals surface area contributed by atoms with Crippen LogP contribution in [0.4, 0.5) is 5.82 Å². The van der Waals surface area contributed by atoms with Crippen molar-refractivity contribution in [2.45, 2.75) is 12.5 Å². The summed E-state index contributed by atoms with van der Waals surface area (Å²) in [6, 6.07) is 1.76. The first-order valence-electron chi connectivity index (χ1n) is 5.22. The van der Waals surface area contributed by atoms with Gasteiger partial charge in [-0.05, 0) is 43.0 Å². The molecule has 0 bridgehead atoms. The second kappa shape index (κ2) is 6.00. The molecule has 0 saturated carbocycles. The molecule has 1 rings (SSSR count). The van der Waals surface area contributed by atoms with Gasteiger partial charge in [-0.2, -0.15) is 0 Å². The summed E-state index contributed by atoms with van der Waals surface area (Å²) in [4.78, 5) is 6.08. The normalized spacial score (nSPS) is 14.8. The molecule has 0 fully saturated rings. The smallest absolute Gasteiger partial charge is 0.140 e. The van der Waals surface area contributed by atoms with Crippen molar-refractivity contribution in [3.05, 3.63) is 21.8 Å². The average Bonchev–Trinajstić information content (AvgIpc) is 2.14. The van der Waals surface area contributed by atoms with Crippen molar-refractivity contribution < 1.29 is 5.11 Å². The third kappa shape index (κ3) is 5.21. The zero-order chi connectivity index (χ0) is 13.1. The highest BCUT2D eigenvalue weighted by atomic mass is 79.9. The summed E-state index contributed by atoms with van der Waals surface area (Å²) in [5.41, 5.74) is -0.815. The van der Waals surface area contributed by atoms with Crippen LogP contribution in [-0.4, -0.2) is 47.8 Å². The van der Waals surface area contributed by atoms with Crippen LogP contribution in [0.25, 0.3) is 0 Å². The molecule has 0 aliphatic rings. The molecule has 0 saturated heterocycles. The molecule has 0 aliphatic heterocycles. The number of nitrogens with zero attached hydrogens (tertiary/aromatic N) is 2. The summed E-state index contributed by atoms with van der Waals surface area (Å²) < 4.78 is 0.783. The minimum Gasteiger partial charge on any atom is -0.387 e. The van der Waals surface area contributed by atoms with Gasteiger partial charge in [-0.15, -0.1) is 0 Å². The standard InChI is InChI=1S/C11H17BrClN3O/c1-11(17,7-16(2)3)6-15-10-9(12)4-8(13)5-14-10/h4-5,17H,6-7H2,1-3H3,(H,14,15)/t11-/m1/s1. The lowest BCUT2D eigenvalue weighted by molar-refractivity contribution is 0.0459. The molecule has 96 valence electrons. The van der Waals surface area contributed by atoms with Gasteiger partial charge in [0.1, 0.15) is 5.82 Å². The van der Waals surface area contributed by atoms with Gasteiger partial charge in [0, 0.05) is 19.3 Å². The molecule has 0 radical (unpaired) electrons. The van der Waals surface area contributed by atoms with Gasteiger partial charge in [0.25, 0.3) is 0 Å². The number of anilines is 1. The molecule has 1 aromatic heterocycles. The van der Waals surface area contributed by atoms with Crippen molar-refractivity contribution >= 4 is 33.3 Å². The number of hydrogen-bond donors (Lipinski definition) is 2. The van der Waals surface area contributed by atoms with Crippen LogP contribution in [0.3, 0.4) is 0 Å². The molecule has 6 heteroatoms. The van der Waals surface area contributed by atoms with Crippen molar-refractivity contribution in [1.29, 1.82) is 0 Å². The Balaban J connectivity index is 2.61. The molecule has 17 heavy (non-hydrogen) atoms. The van der Waals surface area contributed by atoms with Crippen LogP contribution in [0.15, 0.2) is 16.7 Å². The topological polar surface area (TPSA) is 48.4 Å². The third-order valence-electron chi connectivity index (χ3n) is 2.10. The summed E-state index contributed by atoms with van der Waals surface area (Å²) in [6.07, 6.45) is 1.56. The Hall–Kier alpha value is -0.360.